The molecule has 2 unspecified atom stereocenters. The monoisotopic (exact) mass is 254 g/mol. The molecule has 1 aliphatic heterocycles. The lowest BCUT2D eigenvalue weighted by Crippen LogP contribution is -2.44. The second kappa shape index (κ2) is 6.91. The van der Waals surface area contributed by atoms with Gasteiger partial charge in [0.2, 0.25) is 0 Å². The average molecular weight is 254 g/mol. The molecular formula is C16H34N2. The van der Waals surface area contributed by atoms with E-state index in [0.717, 1.165) is 18.5 Å². The van der Waals surface area contributed by atoms with Crippen molar-refractivity contribution in [2.45, 2.75) is 72.9 Å². The maximum absolute atomic E-state index is 3.52. The minimum absolute atomic E-state index is 0.492. The van der Waals surface area contributed by atoms with E-state index in [4.69, 9.17) is 0 Å². The number of piperidine rings is 1. The molecule has 0 spiro atoms. The Morgan fingerprint density at radius 1 is 1.17 bits per heavy atom. The highest BCUT2D eigenvalue weighted by Crippen LogP contribution is 2.34. The van der Waals surface area contributed by atoms with Crippen LogP contribution in [0.5, 0.6) is 0 Å². The first-order valence-electron chi connectivity index (χ1n) is 7.82. The molecule has 1 rings (SSSR count). The van der Waals surface area contributed by atoms with E-state index < -0.39 is 0 Å². The second-order valence-corrected chi connectivity index (χ2v) is 7.22. The summed E-state index contributed by atoms with van der Waals surface area (Å²) >= 11 is 0. The third-order valence-corrected chi connectivity index (χ3v) is 4.62. The van der Waals surface area contributed by atoms with Crippen LogP contribution in [0.15, 0.2) is 0 Å². The minimum atomic E-state index is 0.492. The molecule has 0 saturated carbocycles. The summed E-state index contributed by atoms with van der Waals surface area (Å²) in [4.78, 5) is 2.69. The highest BCUT2D eigenvalue weighted by atomic mass is 15.2. The lowest BCUT2D eigenvalue weighted by molar-refractivity contribution is 0.0821. The highest BCUT2D eigenvalue weighted by Gasteiger charge is 2.30. The van der Waals surface area contributed by atoms with Gasteiger partial charge in [0.15, 0.2) is 0 Å². The van der Waals surface area contributed by atoms with E-state index in [9.17, 15) is 0 Å². The quantitative estimate of drug-likeness (QED) is 0.807. The topological polar surface area (TPSA) is 15.3 Å². The van der Waals surface area contributed by atoms with Crippen LogP contribution in [0.25, 0.3) is 0 Å². The molecule has 1 fully saturated rings. The SMILES string of the molecule is CCNC(C)CC(C)N1CCC(C(C)(C)C)CC1. The molecule has 1 heterocycles. The van der Waals surface area contributed by atoms with E-state index in [1.54, 1.807) is 0 Å². The van der Waals surface area contributed by atoms with Crippen molar-refractivity contribution in [3.63, 3.8) is 0 Å². The van der Waals surface area contributed by atoms with Crippen LogP contribution in [0.4, 0.5) is 0 Å². The van der Waals surface area contributed by atoms with Crippen LogP contribution >= 0.6 is 0 Å². The Kier molecular flexibility index (Phi) is 6.13. The number of nitrogens with zero attached hydrogens (tertiary/aromatic N) is 1. The molecule has 0 radical (unpaired) electrons. The predicted molar refractivity (Wildman–Crippen MR) is 81.0 cm³/mol. The van der Waals surface area contributed by atoms with Gasteiger partial charge in [-0.15, -0.1) is 0 Å². The van der Waals surface area contributed by atoms with Crippen LogP contribution in [0, 0.1) is 11.3 Å². The first-order chi connectivity index (χ1) is 8.34. The van der Waals surface area contributed by atoms with Crippen LogP contribution in [0.3, 0.4) is 0 Å². The van der Waals surface area contributed by atoms with Crippen molar-refractivity contribution in [2.24, 2.45) is 11.3 Å². The van der Waals surface area contributed by atoms with E-state index in [1.165, 1.54) is 32.4 Å². The molecule has 18 heavy (non-hydrogen) atoms. The van der Waals surface area contributed by atoms with Gasteiger partial charge in [0.25, 0.3) is 0 Å². The molecule has 1 saturated heterocycles. The largest absolute Gasteiger partial charge is 0.314 e. The van der Waals surface area contributed by atoms with Crippen molar-refractivity contribution >= 4 is 0 Å². The fourth-order valence-electron chi connectivity index (χ4n) is 3.30. The van der Waals surface area contributed by atoms with Gasteiger partial charge in [-0.2, -0.15) is 0 Å². The van der Waals surface area contributed by atoms with E-state index in [1.807, 2.05) is 0 Å². The number of likely N-dealkylation sites (tertiary alicyclic amines) is 1. The van der Waals surface area contributed by atoms with Gasteiger partial charge in [-0.1, -0.05) is 27.7 Å². The first-order valence-corrected chi connectivity index (χ1v) is 7.82. The standard InChI is InChI=1S/C16H34N2/c1-7-17-13(2)12-14(3)18-10-8-15(9-11-18)16(4,5)6/h13-15,17H,7-12H2,1-6H3. The Bertz CT molecular complexity index is 224. The molecule has 0 aromatic rings. The van der Waals surface area contributed by atoms with Crippen molar-refractivity contribution in [2.75, 3.05) is 19.6 Å². The summed E-state index contributed by atoms with van der Waals surface area (Å²) in [5, 5.41) is 3.52. The molecule has 2 heteroatoms. The Balaban J connectivity index is 2.34. The lowest BCUT2D eigenvalue weighted by Gasteiger charge is -2.41. The third-order valence-electron chi connectivity index (χ3n) is 4.62. The van der Waals surface area contributed by atoms with Gasteiger partial charge in [-0.25, -0.2) is 0 Å². The lowest BCUT2D eigenvalue weighted by atomic mass is 9.75. The average Bonchev–Trinajstić information content (AvgIpc) is 2.28. The Hall–Kier alpha value is -0.0800. The van der Waals surface area contributed by atoms with Crippen LogP contribution in [-0.4, -0.2) is 36.6 Å². The molecule has 1 aliphatic rings. The third kappa shape index (κ3) is 4.89. The molecule has 2 nitrogen and oxygen atoms in total. The zero-order chi connectivity index (χ0) is 13.8. The van der Waals surface area contributed by atoms with Crippen molar-refractivity contribution < 1.29 is 0 Å². The summed E-state index contributed by atoms with van der Waals surface area (Å²) in [5.74, 6) is 0.909. The normalized spacial score (nSPS) is 23.0. The fourth-order valence-corrected chi connectivity index (χ4v) is 3.30. The van der Waals surface area contributed by atoms with Gasteiger partial charge < -0.3 is 10.2 Å². The molecule has 0 bridgehead atoms. The summed E-state index contributed by atoms with van der Waals surface area (Å²) in [6, 6.07) is 1.37. The van der Waals surface area contributed by atoms with Crippen LogP contribution < -0.4 is 5.32 Å². The molecule has 0 aliphatic carbocycles. The minimum Gasteiger partial charge on any atom is -0.314 e. The van der Waals surface area contributed by atoms with Gasteiger partial charge in [0.1, 0.15) is 0 Å². The van der Waals surface area contributed by atoms with Gasteiger partial charge in [-0.3, -0.25) is 0 Å². The van der Waals surface area contributed by atoms with Gasteiger partial charge in [0.05, 0.1) is 0 Å². The van der Waals surface area contributed by atoms with E-state index in [2.05, 4.69) is 51.8 Å². The molecule has 0 aromatic heterocycles. The van der Waals surface area contributed by atoms with Crippen LogP contribution in [0.1, 0.15) is 60.8 Å². The maximum Gasteiger partial charge on any atom is 0.00816 e. The fraction of sp³-hybridized carbons (Fsp3) is 1.00. The van der Waals surface area contributed by atoms with Crippen molar-refractivity contribution in [1.29, 1.82) is 0 Å². The summed E-state index contributed by atoms with van der Waals surface area (Å²) in [7, 11) is 0. The molecular weight excluding hydrogens is 220 g/mol. The van der Waals surface area contributed by atoms with E-state index >= 15 is 0 Å². The van der Waals surface area contributed by atoms with Crippen molar-refractivity contribution in [3.05, 3.63) is 0 Å². The van der Waals surface area contributed by atoms with Gasteiger partial charge in [-0.05, 0) is 64.1 Å². The van der Waals surface area contributed by atoms with Gasteiger partial charge >= 0.3 is 0 Å². The summed E-state index contributed by atoms with van der Waals surface area (Å²) < 4.78 is 0. The summed E-state index contributed by atoms with van der Waals surface area (Å²) in [6.45, 7) is 17.7. The molecule has 0 amide bonds. The van der Waals surface area contributed by atoms with Gasteiger partial charge in [0, 0.05) is 12.1 Å². The number of hydrogen-bond donors (Lipinski definition) is 1. The Morgan fingerprint density at radius 2 is 1.72 bits per heavy atom. The molecule has 0 aromatic carbocycles. The summed E-state index contributed by atoms with van der Waals surface area (Å²) in [5.41, 5.74) is 0.492. The molecule has 2 atom stereocenters. The number of nitrogens with one attached hydrogen (secondary N) is 1. The van der Waals surface area contributed by atoms with Crippen molar-refractivity contribution in [1.82, 2.24) is 10.2 Å². The van der Waals surface area contributed by atoms with Crippen LogP contribution in [0.2, 0.25) is 0 Å². The Morgan fingerprint density at radius 3 is 2.17 bits per heavy atom. The zero-order valence-electron chi connectivity index (χ0n) is 13.4. The predicted octanol–water partition coefficient (Wildman–Crippen LogP) is 3.52. The summed E-state index contributed by atoms with van der Waals surface area (Å²) in [6.07, 6.45) is 4.03. The highest BCUT2D eigenvalue weighted by molar-refractivity contribution is 4.83. The van der Waals surface area contributed by atoms with Crippen LogP contribution in [-0.2, 0) is 0 Å². The van der Waals surface area contributed by atoms with E-state index in [-0.39, 0.29) is 0 Å². The number of rotatable bonds is 5. The van der Waals surface area contributed by atoms with E-state index in [0.29, 0.717) is 11.5 Å². The maximum atomic E-state index is 3.52. The van der Waals surface area contributed by atoms with Crippen molar-refractivity contribution in [3.8, 4) is 0 Å². The first kappa shape index (κ1) is 16.0. The number of hydrogen-bond acceptors (Lipinski definition) is 2. The zero-order valence-corrected chi connectivity index (χ0v) is 13.4. The Labute approximate surface area is 115 Å². The smallest absolute Gasteiger partial charge is 0.00816 e. The second-order valence-electron chi connectivity index (χ2n) is 7.22. The molecule has 108 valence electrons. The molecule has 1 N–H and O–H groups in total.